The summed E-state index contributed by atoms with van der Waals surface area (Å²) in [7, 11) is -4.13. The van der Waals surface area contributed by atoms with Crippen molar-refractivity contribution in [2.45, 2.75) is 38.0 Å². The Morgan fingerprint density at radius 1 is 0.946 bits per heavy atom. The molecule has 0 saturated carbocycles. The Labute approximate surface area is 218 Å². The molecule has 3 rings (SSSR count). The van der Waals surface area contributed by atoms with Crippen LogP contribution in [0.1, 0.15) is 33.3 Å². The first-order valence-electron chi connectivity index (χ1n) is 12.0. The smallest absolute Gasteiger partial charge is 0.264 e. The van der Waals surface area contributed by atoms with Crippen molar-refractivity contribution in [3.05, 3.63) is 84.2 Å². The van der Waals surface area contributed by atoms with E-state index < -0.39 is 28.3 Å². The number of ether oxygens (including phenoxy) is 2. The van der Waals surface area contributed by atoms with Gasteiger partial charge in [-0.3, -0.25) is 9.10 Å². The number of amides is 1. The Morgan fingerprint density at radius 3 is 2.22 bits per heavy atom. The molecular weight excluding hydrogens is 495 g/mol. The van der Waals surface area contributed by atoms with Gasteiger partial charge in [0.25, 0.3) is 10.0 Å². The van der Waals surface area contributed by atoms with E-state index in [0.29, 0.717) is 12.4 Å². The van der Waals surface area contributed by atoms with Crippen molar-refractivity contribution in [2.75, 3.05) is 30.6 Å². The van der Waals surface area contributed by atoms with E-state index in [1.807, 2.05) is 31.2 Å². The number of para-hydroxylation sites is 1. The first-order chi connectivity index (χ1) is 17.5. The van der Waals surface area contributed by atoms with Gasteiger partial charge >= 0.3 is 0 Å². The third-order valence-corrected chi connectivity index (χ3v) is 7.29. The van der Waals surface area contributed by atoms with Gasteiger partial charge < -0.3 is 14.8 Å². The number of anilines is 1. The molecule has 1 amide bonds. The van der Waals surface area contributed by atoms with Crippen LogP contribution in [0.15, 0.2) is 77.7 Å². The van der Waals surface area contributed by atoms with Gasteiger partial charge in [0, 0.05) is 0 Å². The van der Waals surface area contributed by atoms with Crippen LogP contribution in [0.25, 0.3) is 0 Å². The largest absolute Gasteiger partial charge is 0.494 e. The number of hydrogen-bond donors (Lipinski definition) is 1. The van der Waals surface area contributed by atoms with E-state index >= 15 is 0 Å². The van der Waals surface area contributed by atoms with Crippen LogP contribution in [-0.2, 0) is 20.2 Å². The molecule has 0 aliphatic heterocycles. The van der Waals surface area contributed by atoms with Gasteiger partial charge in [-0.25, -0.2) is 12.8 Å². The molecule has 3 aromatic rings. The fourth-order valence-corrected chi connectivity index (χ4v) is 5.09. The van der Waals surface area contributed by atoms with Crippen molar-refractivity contribution in [3.63, 3.8) is 0 Å². The number of halogens is 1. The van der Waals surface area contributed by atoms with E-state index in [9.17, 15) is 17.6 Å². The summed E-state index contributed by atoms with van der Waals surface area (Å²) in [5.74, 6) is 0.224. The van der Waals surface area contributed by atoms with Gasteiger partial charge in [-0.2, -0.15) is 0 Å². The zero-order valence-corrected chi connectivity index (χ0v) is 22.3. The summed E-state index contributed by atoms with van der Waals surface area (Å²) in [5, 5.41) is 2.71. The maximum absolute atomic E-state index is 13.5. The molecule has 0 aliphatic rings. The highest BCUT2D eigenvalue weighted by Crippen LogP contribution is 2.31. The number of rotatable bonds is 11. The lowest BCUT2D eigenvalue weighted by molar-refractivity contribution is -0.119. The van der Waals surface area contributed by atoms with E-state index in [0.717, 1.165) is 27.8 Å². The summed E-state index contributed by atoms with van der Waals surface area (Å²) >= 11 is 0. The lowest BCUT2D eigenvalue weighted by Crippen LogP contribution is -2.42. The predicted octanol–water partition coefficient (Wildman–Crippen LogP) is 4.91. The topological polar surface area (TPSA) is 84.9 Å². The number of benzene rings is 3. The Morgan fingerprint density at radius 2 is 1.59 bits per heavy atom. The van der Waals surface area contributed by atoms with Crippen LogP contribution < -0.4 is 19.1 Å². The number of hydrogen-bond acceptors (Lipinski definition) is 5. The van der Waals surface area contributed by atoms with Gasteiger partial charge in [-0.15, -0.1) is 0 Å². The summed E-state index contributed by atoms with van der Waals surface area (Å²) < 4.78 is 52.7. The molecule has 7 nitrogen and oxygen atoms in total. The molecular formula is C28H33FN2O5S. The first kappa shape index (κ1) is 28.0. The molecule has 0 bridgehead atoms. The first-order valence-corrected chi connectivity index (χ1v) is 13.5. The van der Waals surface area contributed by atoms with Crippen LogP contribution in [0.2, 0.25) is 0 Å². The summed E-state index contributed by atoms with van der Waals surface area (Å²) in [4.78, 5) is 12.8. The molecule has 9 heteroatoms. The lowest BCUT2D eigenvalue weighted by atomic mass is 9.86. The molecule has 3 aromatic carbocycles. The molecule has 37 heavy (non-hydrogen) atoms. The fourth-order valence-electron chi connectivity index (χ4n) is 3.67. The monoisotopic (exact) mass is 528 g/mol. The minimum absolute atomic E-state index is 0.0183. The van der Waals surface area contributed by atoms with Crippen molar-refractivity contribution >= 4 is 21.6 Å². The molecule has 0 aliphatic carbocycles. The second-order valence-corrected chi connectivity index (χ2v) is 11.2. The molecule has 0 radical (unpaired) electrons. The summed E-state index contributed by atoms with van der Waals surface area (Å²) in [6.45, 7) is 8.44. The van der Waals surface area contributed by atoms with E-state index in [1.165, 1.54) is 24.3 Å². The zero-order chi connectivity index (χ0) is 27.1. The highest BCUT2D eigenvalue weighted by atomic mass is 32.2. The summed E-state index contributed by atoms with van der Waals surface area (Å²) in [6.07, 6.45) is 0. The van der Waals surface area contributed by atoms with E-state index in [2.05, 4.69) is 26.1 Å². The molecule has 0 saturated heterocycles. The molecule has 0 heterocycles. The average molecular weight is 529 g/mol. The Kier molecular flexibility index (Phi) is 9.15. The SMILES string of the molecule is CCOc1ccc(S(=O)(=O)N(CC(=O)NCCOc2ccccc2C(C)(C)C)c2ccc(F)cc2)cc1. The summed E-state index contributed by atoms with van der Waals surface area (Å²) in [5.41, 5.74) is 1.11. The number of carbonyl (C=O) groups is 1. The second-order valence-electron chi connectivity index (χ2n) is 9.34. The quantitative estimate of drug-likeness (QED) is 0.358. The van der Waals surface area contributed by atoms with Crippen molar-refractivity contribution in [2.24, 2.45) is 0 Å². The standard InChI is InChI=1S/C28H33FN2O5S/c1-5-35-23-14-16-24(17-15-23)37(33,34)31(22-12-10-21(29)11-13-22)20-27(32)30-18-19-36-26-9-7-6-8-25(26)28(2,3)4/h6-17H,5,18-20H2,1-4H3,(H,30,32). The Bertz CT molecular complexity index is 1290. The van der Waals surface area contributed by atoms with E-state index in [1.54, 1.807) is 12.1 Å². The lowest BCUT2D eigenvalue weighted by Gasteiger charge is -2.24. The minimum Gasteiger partial charge on any atom is -0.494 e. The van der Waals surface area contributed by atoms with Gasteiger partial charge in [-0.1, -0.05) is 39.0 Å². The normalized spacial score (nSPS) is 11.6. The third-order valence-electron chi connectivity index (χ3n) is 5.50. The maximum Gasteiger partial charge on any atom is 0.264 e. The second kappa shape index (κ2) is 12.1. The molecule has 198 valence electrons. The van der Waals surface area contributed by atoms with Crippen molar-refractivity contribution < 1.29 is 27.1 Å². The molecule has 0 unspecified atom stereocenters. The molecule has 0 atom stereocenters. The van der Waals surface area contributed by atoms with Crippen molar-refractivity contribution in [3.8, 4) is 11.5 Å². The fraction of sp³-hybridized carbons (Fsp3) is 0.321. The van der Waals surface area contributed by atoms with Crippen LogP contribution in [0.5, 0.6) is 11.5 Å². The molecule has 0 spiro atoms. The predicted molar refractivity (Wildman–Crippen MR) is 142 cm³/mol. The average Bonchev–Trinajstić information content (AvgIpc) is 2.86. The van der Waals surface area contributed by atoms with Gasteiger partial charge in [0.2, 0.25) is 5.91 Å². The number of nitrogens with one attached hydrogen (secondary N) is 1. The van der Waals surface area contributed by atoms with Gasteiger partial charge in [0.05, 0.1) is 23.7 Å². The maximum atomic E-state index is 13.5. The van der Waals surface area contributed by atoms with E-state index in [4.69, 9.17) is 9.47 Å². The molecule has 0 fully saturated rings. The minimum atomic E-state index is -4.13. The highest BCUT2D eigenvalue weighted by molar-refractivity contribution is 7.92. The van der Waals surface area contributed by atoms with E-state index in [-0.39, 0.29) is 29.1 Å². The third kappa shape index (κ3) is 7.45. The Hall–Kier alpha value is -3.59. The highest BCUT2D eigenvalue weighted by Gasteiger charge is 2.27. The van der Waals surface area contributed by atoms with Crippen LogP contribution in [-0.4, -0.2) is 40.6 Å². The number of carbonyl (C=O) groups excluding carboxylic acids is 1. The van der Waals surface area contributed by atoms with Crippen molar-refractivity contribution in [1.29, 1.82) is 0 Å². The molecule has 0 aromatic heterocycles. The van der Waals surface area contributed by atoms with Crippen LogP contribution in [0.3, 0.4) is 0 Å². The summed E-state index contributed by atoms with van der Waals surface area (Å²) in [6, 6.07) is 18.6. The molecule has 1 N–H and O–H groups in total. The van der Waals surface area contributed by atoms with Crippen LogP contribution in [0, 0.1) is 5.82 Å². The van der Waals surface area contributed by atoms with Gasteiger partial charge in [0.15, 0.2) is 0 Å². The zero-order valence-electron chi connectivity index (χ0n) is 21.5. The van der Waals surface area contributed by atoms with Gasteiger partial charge in [-0.05, 0) is 72.5 Å². The Balaban J connectivity index is 1.71. The number of sulfonamides is 1. The van der Waals surface area contributed by atoms with Crippen molar-refractivity contribution in [1.82, 2.24) is 5.32 Å². The van der Waals surface area contributed by atoms with Gasteiger partial charge in [0.1, 0.15) is 30.5 Å². The van der Waals surface area contributed by atoms with Crippen LogP contribution >= 0.6 is 0 Å². The number of nitrogens with zero attached hydrogens (tertiary/aromatic N) is 1. The van der Waals surface area contributed by atoms with Crippen LogP contribution in [0.4, 0.5) is 10.1 Å².